The molecule has 244 valence electrons. The van der Waals surface area contributed by atoms with E-state index in [1.54, 1.807) is 78.9 Å². The van der Waals surface area contributed by atoms with Gasteiger partial charge >= 0.3 is 0 Å². The van der Waals surface area contributed by atoms with Crippen LogP contribution < -0.4 is 30.2 Å². The minimum Gasteiger partial charge on any atom is -0.493 e. The van der Waals surface area contributed by atoms with Gasteiger partial charge in [0.1, 0.15) is 5.70 Å². The Morgan fingerprint density at radius 2 is 1.45 bits per heavy atom. The summed E-state index contributed by atoms with van der Waals surface area (Å²) in [4.78, 5) is 40.7. The molecule has 47 heavy (non-hydrogen) atoms. The van der Waals surface area contributed by atoms with Crippen LogP contribution in [0, 0.1) is 0 Å². The second kappa shape index (κ2) is 16.8. The van der Waals surface area contributed by atoms with Crippen LogP contribution in [0.4, 0.5) is 11.4 Å². The van der Waals surface area contributed by atoms with Crippen LogP contribution in [-0.2, 0) is 9.59 Å². The summed E-state index contributed by atoms with van der Waals surface area (Å²) >= 11 is 13.5. The van der Waals surface area contributed by atoms with E-state index in [4.69, 9.17) is 37.4 Å². The first-order valence-electron chi connectivity index (χ1n) is 14.4. The number of rotatable bonds is 13. The molecule has 0 radical (unpaired) electrons. The van der Waals surface area contributed by atoms with E-state index in [9.17, 15) is 14.4 Å². The number of carbonyl (C=O) groups excluding carboxylic acids is 3. The van der Waals surface area contributed by atoms with Crippen LogP contribution >= 0.6 is 35.0 Å². The lowest BCUT2D eigenvalue weighted by Crippen LogP contribution is -2.30. The normalized spacial score (nSPS) is 11.7. The number of hydrogen-bond acceptors (Lipinski definition) is 7. The fourth-order valence-corrected chi connectivity index (χ4v) is 6.01. The van der Waals surface area contributed by atoms with Crippen molar-refractivity contribution in [2.75, 3.05) is 32.0 Å². The summed E-state index contributed by atoms with van der Waals surface area (Å²) in [5, 5.41) is 8.83. The van der Waals surface area contributed by atoms with Gasteiger partial charge in [-0.25, -0.2) is 0 Å². The van der Waals surface area contributed by atoms with E-state index in [1.807, 2.05) is 13.0 Å². The van der Waals surface area contributed by atoms with Crippen molar-refractivity contribution in [3.63, 3.8) is 0 Å². The predicted octanol–water partition coefficient (Wildman–Crippen LogP) is 7.94. The molecule has 4 rings (SSSR count). The third kappa shape index (κ3) is 9.68. The molecule has 0 aliphatic heterocycles. The third-order valence-corrected chi connectivity index (χ3v) is 8.48. The van der Waals surface area contributed by atoms with E-state index in [0.29, 0.717) is 56.2 Å². The Kier molecular flexibility index (Phi) is 12.6. The number of thioether (sulfide) groups is 1. The number of carbonyl (C=O) groups is 3. The molecule has 0 saturated heterocycles. The predicted molar refractivity (Wildman–Crippen MR) is 188 cm³/mol. The lowest BCUT2D eigenvalue weighted by molar-refractivity contribution is -0.116. The summed E-state index contributed by atoms with van der Waals surface area (Å²) in [5.41, 5.74) is 1.81. The van der Waals surface area contributed by atoms with Crippen LogP contribution in [0.5, 0.6) is 17.2 Å². The average molecular weight is 695 g/mol. The van der Waals surface area contributed by atoms with E-state index in [2.05, 4.69) is 16.0 Å². The van der Waals surface area contributed by atoms with E-state index in [-0.39, 0.29) is 11.6 Å². The van der Waals surface area contributed by atoms with Crippen molar-refractivity contribution in [2.24, 2.45) is 0 Å². The van der Waals surface area contributed by atoms with Crippen molar-refractivity contribution in [3.05, 3.63) is 112 Å². The van der Waals surface area contributed by atoms with Crippen molar-refractivity contribution in [2.45, 2.75) is 23.5 Å². The average Bonchev–Trinajstić information content (AvgIpc) is 3.06. The number of hydrogen-bond donors (Lipinski definition) is 3. The number of amides is 3. The van der Waals surface area contributed by atoms with Gasteiger partial charge in [-0.3, -0.25) is 14.4 Å². The van der Waals surface area contributed by atoms with Gasteiger partial charge in [-0.05, 0) is 78.7 Å². The fourth-order valence-electron chi connectivity index (χ4n) is 4.47. The molecule has 0 fully saturated rings. The molecule has 0 bridgehead atoms. The van der Waals surface area contributed by atoms with Crippen LogP contribution in [-0.4, -0.2) is 44.3 Å². The van der Waals surface area contributed by atoms with Gasteiger partial charge in [-0.15, -0.1) is 11.8 Å². The van der Waals surface area contributed by atoms with Crippen molar-refractivity contribution in [1.82, 2.24) is 5.32 Å². The second-order valence-corrected chi connectivity index (χ2v) is 12.1. The SMILES string of the molecule is CCC(Sc1cccc(NC(=O)/C(=C\c2cc(OC)c(OC)c(OC)c2)NC(=O)c2ccccc2)c1)C(=O)Nc1cc(Cl)cc(Cl)c1. The molecule has 0 spiro atoms. The molecule has 4 aromatic carbocycles. The van der Waals surface area contributed by atoms with E-state index < -0.39 is 17.1 Å². The third-order valence-electron chi connectivity index (χ3n) is 6.69. The maximum atomic E-state index is 13.7. The molecule has 1 atom stereocenters. The first kappa shape index (κ1) is 35.2. The molecular weight excluding hydrogens is 661 g/mol. The number of ether oxygens (including phenoxy) is 3. The van der Waals surface area contributed by atoms with Crippen LogP contribution in [0.3, 0.4) is 0 Å². The summed E-state index contributed by atoms with van der Waals surface area (Å²) in [5.74, 6) is -0.120. The molecule has 3 N–H and O–H groups in total. The number of methoxy groups -OCH3 is 3. The quantitative estimate of drug-likeness (QED) is 0.0962. The second-order valence-electron chi connectivity index (χ2n) is 9.98. The molecule has 0 aromatic heterocycles. The largest absolute Gasteiger partial charge is 0.493 e. The van der Waals surface area contributed by atoms with Gasteiger partial charge in [-0.1, -0.05) is 54.4 Å². The van der Waals surface area contributed by atoms with Gasteiger partial charge in [0.2, 0.25) is 11.7 Å². The highest BCUT2D eigenvalue weighted by atomic mass is 35.5. The summed E-state index contributed by atoms with van der Waals surface area (Å²) in [6.07, 6.45) is 2.05. The van der Waals surface area contributed by atoms with Gasteiger partial charge in [0.15, 0.2) is 11.5 Å². The topological polar surface area (TPSA) is 115 Å². The Morgan fingerprint density at radius 1 is 0.787 bits per heavy atom. The Labute approximate surface area is 287 Å². The fraction of sp³-hybridized carbons (Fsp3) is 0.171. The lowest BCUT2D eigenvalue weighted by Gasteiger charge is -2.16. The van der Waals surface area contributed by atoms with Crippen molar-refractivity contribution in [1.29, 1.82) is 0 Å². The zero-order chi connectivity index (χ0) is 33.9. The summed E-state index contributed by atoms with van der Waals surface area (Å²) in [6, 6.07) is 23.8. The number of nitrogens with one attached hydrogen (secondary N) is 3. The zero-order valence-electron chi connectivity index (χ0n) is 26.1. The highest BCUT2D eigenvalue weighted by molar-refractivity contribution is 8.00. The number of benzene rings is 4. The monoisotopic (exact) mass is 693 g/mol. The van der Waals surface area contributed by atoms with Gasteiger partial charge in [0.05, 0.1) is 26.6 Å². The minimum absolute atomic E-state index is 0.0304. The molecule has 0 aliphatic rings. The Balaban J connectivity index is 1.58. The van der Waals surface area contributed by atoms with Crippen LogP contribution in [0.1, 0.15) is 29.3 Å². The van der Waals surface area contributed by atoms with Crippen LogP contribution in [0.2, 0.25) is 10.0 Å². The smallest absolute Gasteiger partial charge is 0.272 e. The molecular formula is C35H33Cl2N3O6S. The Morgan fingerprint density at radius 3 is 2.04 bits per heavy atom. The van der Waals surface area contributed by atoms with Gasteiger partial charge in [0, 0.05) is 31.9 Å². The molecule has 9 nitrogen and oxygen atoms in total. The Hall–Kier alpha value is -4.64. The standard InChI is InChI=1S/C35H33Cl2N3O6S/c1-5-31(35(43)39-26-18-23(36)17-24(37)19-26)47-27-13-9-12-25(20-27)38-34(42)28(40-33(41)22-10-7-6-8-11-22)14-21-15-29(44-2)32(46-4)30(16-21)45-3/h6-20,31H,5H2,1-4H3,(H,38,42)(H,39,43)(H,40,41)/b28-14+. The first-order valence-corrected chi connectivity index (χ1v) is 16.0. The molecule has 3 amide bonds. The summed E-state index contributed by atoms with van der Waals surface area (Å²) in [6.45, 7) is 1.91. The summed E-state index contributed by atoms with van der Waals surface area (Å²) in [7, 11) is 4.46. The van der Waals surface area contributed by atoms with Gasteiger partial charge in [0.25, 0.3) is 11.8 Å². The van der Waals surface area contributed by atoms with Crippen LogP contribution in [0.15, 0.2) is 95.5 Å². The Bertz CT molecular complexity index is 1740. The maximum absolute atomic E-state index is 13.7. The number of halogens is 2. The maximum Gasteiger partial charge on any atom is 0.272 e. The van der Waals surface area contributed by atoms with Gasteiger partial charge in [-0.2, -0.15) is 0 Å². The van der Waals surface area contributed by atoms with E-state index in [0.717, 1.165) is 4.90 Å². The first-order chi connectivity index (χ1) is 22.6. The molecule has 0 heterocycles. The van der Waals surface area contributed by atoms with E-state index >= 15 is 0 Å². The van der Waals surface area contributed by atoms with Crippen molar-refractivity contribution < 1.29 is 28.6 Å². The van der Waals surface area contributed by atoms with Gasteiger partial charge < -0.3 is 30.2 Å². The zero-order valence-corrected chi connectivity index (χ0v) is 28.4. The van der Waals surface area contributed by atoms with Crippen molar-refractivity contribution in [3.8, 4) is 17.2 Å². The molecule has 4 aromatic rings. The molecule has 0 aliphatic carbocycles. The number of anilines is 2. The minimum atomic E-state index is -0.576. The molecule has 12 heteroatoms. The molecule has 0 saturated carbocycles. The van der Waals surface area contributed by atoms with E-state index in [1.165, 1.54) is 39.2 Å². The van der Waals surface area contributed by atoms with Crippen LogP contribution in [0.25, 0.3) is 6.08 Å². The van der Waals surface area contributed by atoms with Crippen molar-refractivity contribution >= 4 is 70.1 Å². The lowest BCUT2D eigenvalue weighted by atomic mass is 10.1. The highest BCUT2D eigenvalue weighted by Crippen LogP contribution is 2.39. The molecule has 1 unspecified atom stereocenters. The summed E-state index contributed by atoms with van der Waals surface area (Å²) < 4.78 is 16.3. The highest BCUT2D eigenvalue weighted by Gasteiger charge is 2.20.